The molecule has 0 radical (unpaired) electrons. The Morgan fingerprint density at radius 2 is 1.85 bits per heavy atom. The summed E-state index contributed by atoms with van der Waals surface area (Å²) in [5, 5.41) is 19.4. The van der Waals surface area contributed by atoms with E-state index in [1.165, 1.54) is 22.6 Å². The second kappa shape index (κ2) is 10.7. The van der Waals surface area contributed by atoms with Crippen molar-refractivity contribution < 1.29 is 22.4 Å². The molecule has 12 heteroatoms. The van der Waals surface area contributed by atoms with E-state index in [1.54, 1.807) is 17.9 Å². The minimum atomic E-state index is -4.59. The third kappa shape index (κ3) is 6.09. The maximum absolute atomic E-state index is 14.2. The van der Waals surface area contributed by atoms with E-state index in [-0.39, 0.29) is 40.9 Å². The summed E-state index contributed by atoms with van der Waals surface area (Å²) in [4.78, 5) is 13.8. The fourth-order valence-corrected chi connectivity index (χ4v) is 7.01. The fraction of sp³-hybridized carbons (Fsp3) is 0.778. The van der Waals surface area contributed by atoms with Crippen LogP contribution >= 0.6 is 0 Å². The highest BCUT2D eigenvalue weighted by Gasteiger charge is 2.45. The molecular formula is C27H39F4N7O. The molecule has 216 valence electrons. The van der Waals surface area contributed by atoms with Crippen LogP contribution in [0.15, 0.2) is 12.5 Å². The van der Waals surface area contributed by atoms with E-state index in [9.17, 15) is 22.4 Å². The van der Waals surface area contributed by atoms with Crippen molar-refractivity contribution in [3.05, 3.63) is 29.4 Å². The molecule has 0 bridgehead atoms. The van der Waals surface area contributed by atoms with Gasteiger partial charge in [-0.05, 0) is 81.0 Å². The van der Waals surface area contributed by atoms with Gasteiger partial charge in [0.1, 0.15) is 12.5 Å². The summed E-state index contributed by atoms with van der Waals surface area (Å²) in [5.74, 6) is -0.588. The summed E-state index contributed by atoms with van der Waals surface area (Å²) in [7, 11) is 3.15. The van der Waals surface area contributed by atoms with E-state index >= 15 is 0 Å². The number of amides is 1. The van der Waals surface area contributed by atoms with Crippen molar-refractivity contribution in [2.45, 2.75) is 89.1 Å². The van der Waals surface area contributed by atoms with Crippen LogP contribution in [0.3, 0.4) is 0 Å². The van der Waals surface area contributed by atoms with Gasteiger partial charge in [-0.2, -0.15) is 23.4 Å². The molecule has 39 heavy (non-hydrogen) atoms. The lowest BCUT2D eigenvalue weighted by molar-refractivity contribution is -0.142. The zero-order valence-electron chi connectivity index (χ0n) is 22.8. The molecule has 0 spiro atoms. The van der Waals surface area contributed by atoms with Gasteiger partial charge in [-0.25, -0.2) is 9.07 Å². The minimum Gasteiger partial charge on any atom is -0.353 e. The molecule has 5 rings (SSSR count). The maximum Gasteiger partial charge on any atom is 0.435 e. The number of aryl methyl sites for hydroxylation is 2. The van der Waals surface area contributed by atoms with Gasteiger partial charge in [0.05, 0.1) is 0 Å². The van der Waals surface area contributed by atoms with Crippen molar-refractivity contribution in [3.63, 3.8) is 0 Å². The quantitative estimate of drug-likeness (QED) is 0.500. The minimum absolute atomic E-state index is 0.0112. The lowest BCUT2D eigenvalue weighted by atomic mass is 9.71. The first-order valence-corrected chi connectivity index (χ1v) is 14.1. The van der Waals surface area contributed by atoms with Crippen LogP contribution in [0.25, 0.3) is 0 Å². The molecule has 6 unspecified atom stereocenters. The number of hydrogen-bond acceptors (Lipinski definition) is 4. The van der Waals surface area contributed by atoms with E-state index in [0.717, 1.165) is 25.7 Å². The van der Waals surface area contributed by atoms with Gasteiger partial charge in [-0.1, -0.05) is 6.92 Å². The molecule has 3 aliphatic rings. The Bertz CT molecular complexity index is 1230. The first-order chi connectivity index (χ1) is 18.4. The molecule has 0 saturated heterocycles. The van der Waals surface area contributed by atoms with Crippen molar-refractivity contribution in [2.24, 2.45) is 43.7 Å². The van der Waals surface area contributed by atoms with Crippen LogP contribution in [0.1, 0.15) is 75.5 Å². The van der Waals surface area contributed by atoms with Crippen LogP contribution in [0.4, 0.5) is 17.6 Å². The van der Waals surface area contributed by atoms with Crippen LogP contribution in [-0.2, 0) is 31.6 Å². The summed E-state index contributed by atoms with van der Waals surface area (Å²) in [6.45, 7) is 2.33. The Hall–Kier alpha value is -2.66. The molecule has 1 amide bonds. The van der Waals surface area contributed by atoms with Crippen LogP contribution in [0, 0.1) is 35.0 Å². The average molecular weight is 554 g/mol. The summed E-state index contributed by atoms with van der Waals surface area (Å²) in [6, 6.07) is -0.0112. The van der Waals surface area contributed by atoms with Crippen LogP contribution in [0.5, 0.6) is 0 Å². The van der Waals surface area contributed by atoms with Crippen molar-refractivity contribution in [1.82, 2.24) is 29.4 Å². The first-order valence-electron chi connectivity index (χ1n) is 14.1. The number of nitrogens with one attached hydrogen (secondary N) is 2. The Labute approximate surface area is 225 Å². The van der Waals surface area contributed by atoms with Gasteiger partial charge in [0.15, 0.2) is 5.69 Å². The molecule has 2 N–H and O–H groups in total. The smallest absolute Gasteiger partial charge is 0.353 e. The molecule has 3 aliphatic carbocycles. The highest BCUT2D eigenvalue weighted by Crippen LogP contribution is 2.46. The van der Waals surface area contributed by atoms with Gasteiger partial charge in [-0.15, -0.1) is 0 Å². The second-order valence-electron chi connectivity index (χ2n) is 12.2. The highest BCUT2D eigenvalue weighted by atomic mass is 19.4. The van der Waals surface area contributed by atoms with Crippen molar-refractivity contribution in [2.75, 3.05) is 0 Å². The maximum atomic E-state index is 14.2. The van der Waals surface area contributed by atoms with E-state index in [1.807, 2.05) is 6.92 Å². The monoisotopic (exact) mass is 553 g/mol. The van der Waals surface area contributed by atoms with Crippen molar-refractivity contribution >= 4 is 5.91 Å². The zero-order valence-corrected chi connectivity index (χ0v) is 22.8. The normalized spacial score (nSPS) is 30.7. The molecule has 3 saturated carbocycles. The predicted octanol–water partition coefficient (Wildman–Crippen LogP) is 4.32. The molecule has 0 aromatic carbocycles. The molecule has 2 aromatic heterocycles. The largest absolute Gasteiger partial charge is 0.435 e. The third-order valence-corrected chi connectivity index (χ3v) is 9.19. The number of aromatic nitrogens is 5. The topological polar surface area (TPSA) is 93.5 Å². The van der Waals surface area contributed by atoms with Crippen molar-refractivity contribution in [3.8, 4) is 0 Å². The average Bonchev–Trinajstić information content (AvgIpc) is 3.57. The van der Waals surface area contributed by atoms with Crippen LogP contribution in [-0.4, -0.2) is 42.2 Å². The van der Waals surface area contributed by atoms with E-state index in [2.05, 4.69) is 15.5 Å². The van der Waals surface area contributed by atoms with Gasteiger partial charge in [0.2, 0.25) is 11.5 Å². The Morgan fingerprint density at radius 1 is 1.13 bits per heavy atom. The predicted molar refractivity (Wildman–Crippen MR) is 135 cm³/mol. The van der Waals surface area contributed by atoms with Crippen molar-refractivity contribution in [1.29, 1.82) is 5.41 Å². The molecule has 3 fully saturated rings. The number of nitrogens with zero attached hydrogens (tertiary/aromatic N) is 5. The number of rotatable bonds is 7. The summed E-state index contributed by atoms with van der Waals surface area (Å²) < 4.78 is 60.1. The Morgan fingerprint density at radius 3 is 2.46 bits per heavy atom. The van der Waals surface area contributed by atoms with E-state index < -0.39 is 29.9 Å². The number of alkyl halides is 4. The van der Waals surface area contributed by atoms with E-state index in [4.69, 9.17) is 5.41 Å². The third-order valence-electron chi connectivity index (χ3n) is 9.19. The van der Waals surface area contributed by atoms with Crippen LogP contribution in [0.2, 0.25) is 0 Å². The van der Waals surface area contributed by atoms with Gasteiger partial charge in [-0.3, -0.25) is 14.9 Å². The fourth-order valence-electron chi connectivity index (χ4n) is 7.01. The number of halogens is 4. The summed E-state index contributed by atoms with van der Waals surface area (Å²) in [5.41, 5.74) is -0.566. The van der Waals surface area contributed by atoms with Gasteiger partial charge >= 0.3 is 6.18 Å². The lowest BCUT2D eigenvalue weighted by Gasteiger charge is -2.38. The summed E-state index contributed by atoms with van der Waals surface area (Å²) >= 11 is 0. The zero-order chi connectivity index (χ0) is 28.1. The first kappa shape index (κ1) is 27.9. The van der Waals surface area contributed by atoms with Gasteiger partial charge in [0.25, 0.3) is 0 Å². The molecule has 8 nitrogen and oxygen atoms in total. The Kier molecular flexibility index (Phi) is 7.67. The van der Waals surface area contributed by atoms with E-state index in [0.29, 0.717) is 38.1 Å². The molecular weight excluding hydrogens is 514 g/mol. The highest BCUT2D eigenvalue weighted by molar-refractivity contribution is 5.79. The molecule has 0 aliphatic heterocycles. The molecule has 2 heterocycles. The lowest BCUT2D eigenvalue weighted by Crippen LogP contribution is -2.48. The molecule has 2 aromatic rings. The van der Waals surface area contributed by atoms with Crippen LogP contribution < -0.4 is 10.9 Å². The number of hydrogen-bond donors (Lipinski definition) is 2. The second-order valence-corrected chi connectivity index (χ2v) is 12.2. The standard InChI is InChI=1S/C27H39F4N7O/c1-15-8-18(6-7-22(15)28)23(17-4-5-17)34-25(39)20-10-16(12-38-14-33-37(3)26(38)32)9-19(11-20)21-13-36(2)35-24(21)27(29,30)31/h13-20,22-23,32H,4-12H2,1-3H3,(H,34,39)/t15?,16?,18?,19?,20?,22?,23-/m0/s1. The summed E-state index contributed by atoms with van der Waals surface area (Å²) in [6.07, 6.45) is 2.98. The number of carbonyl (C=O) groups excluding carboxylic acids is 1. The molecule has 7 atom stereocenters. The Balaban J connectivity index is 1.38. The van der Waals surface area contributed by atoms with Gasteiger partial charge in [0, 0.05) is 44.4 Å². The SMILES string of the molecule is CC1CC([C@@H](NC(=O)C2CC(Cn3cnn(C)c3=N)CC(c3cn(C)nc3C(F)(F)F)C2)C2CC2)CCC1F. The van der Waals surface area contributed by atoms with Gasteiger partial charge < -0.3 is 9.88 Å². The number of carbonyl (C=O) groups is 1.